The monoisotopic (exact) mass is 443 g/mol. The number of benzene rings is 2. The molecule has 1 atom stereocenters. The number of hydrogen-bond acceptors (Lipinski definition) is 4. The quantitative estimate of drug-likeness (QED) is 0.300. The minimum absolute atomic E-state index is 0.0206. The third-order valence-corrected chi connectivity index (χ3v) is 6.71. The summed E-state index contributed by atoms with van der Waals surface area (Å²) in [6.07, 6.45) is 2.22. The molecule has 0 radical (unpaired) electrons. The number of thiophene rings is 1. The largest absolute Gasteiger partial charge is 0.320 e. The number of anilines is 1. The summed E-state index contributed by atoms with van der Waals surface area (Å²) in [5.41, 5.74) is 4.80. The minimum atomic E-state index is -0.105. The van der Waals surface area contributed by atoms with E-state index in [1.807, 2.05) is 43.3 Å². The van der Waals surface area contributed by atoms with Crippen LogP contribution < -0.4 is 10.6 Å². The average molecular weight is 444 g/mol. The van der Waals surface area contributed by atoms with Gasteiger partial charge in [0.1, 0.15) is 4.83 Å². The van der Waals surface area contributed by atoms with E-state index in [0.29, 0.717) is 5.56 Å². The Morgan fingerprint density at radius 2 is 1.72 bits per heavy atom. The van der Waals surface area contributed by atoms with E-state index in [0.717, 1.165) is 51.4 Å². The highest BCUT2D eigenvalue weighted by Crippen LogP contribution is 2.42. The molecule has 0 aliphatic rings. The van der Waals surface area contributed by atoms with Crippen molar-refractivity contribution < 1.29 is 4.79 Å². The first-order chi connectivity index (χ1) is 15.6. The summed E-state index contributed by atoms with van der Waals surface area (Å²) in [5, 5.41) is 8.00. The van der Waals surface area contributed by atoms with Crippen molar-refractivity contribution in [2.75, 3.05) is 11.9 Å². The molecule has 1 amide bonds. The summed E-state index contributed by atoms with van der Waals surface area (Å²) in [5.74, 6) is -0.105. The van der Waals surface area contributed by atoms with Crippen LogP contribution in [0.3, 0.4) is 0 Å². The lowest BCUT2D eigenvalue weighted by molar-refractivity contribution is 0.102. The van der Waals surface area contributed by atoms with Crippen LogP contribution in [-0.4, -0.2) is 17.4 Å². The number of nitrogens with zero attached hydrogens (tertiary/aromatic N) is 1. The fourth-order valence-electron chi connectivity index (χ4n) is 3.99. The summed E-state index contributed by atoms with van der Waals surface area (Å²) in [7, 11) is 0. The molecule has 164 valence electrons. The van der Waals surface area contributed by atoms with Crippen LogP contribution in [0.4, 0.5) is 5.69 Å². The molecule has 2 heterocycles. The third-order valence-electron chi connectivity index (χ3n) is 5.56. The van der Waals surface area contributed by atoms with Crippen molar-refractivity contribution in [1.82, 2.24) is 10.3 Å². The van der Waals surface area contributed by atoms with Crippen molar-refractivity contribution in [3.8, 4) is 0 Å². The zero-order valence-electron chi connectivity index (χ0n) is 18.8. The van der Waals surface area contributed by atoms with Crippen molar-refractivity contribution in [2.24, 2.45) is 0 Å². The van der Waals surface area contributed by atoms with Gasteiger partial charge in [-0.2, -0.15) is 0 Å². The molecule has 0 aliphatic heterocycles. The van der Waals surface area contributed by atoms with Gasteiger partial charge in [-0.15, -0.1) is 11.3 Å². The standard InChI is InChI=1S/C27H29N3OS/c1-4-5-16-28-23(20-12-8-6-9-13-20)25-24(30-26(31)21-14-10-7-11-15-21)22-18(2)17-19(3)29-27(22)32-25/h6-15,17,23,28H,4-5,16H2,1-3H3,(H,30,31). The number of pyridine rings is 1. The number of carbonyl (C=O) groups is 1. The SMILES string of the molecule is CCCCNC(c1ccccc1)c1sc2nc(C)cc(C)c2c1NC(=O)c1ccccc1. The molecule has 0 saturated heterocycles. The van der Waals surface area contributed by atoms with Gasteiger partial charge in [0.05, 0.1) is 16.6 Å². The predicted octanol–water partition coefficient (Wildman–Crippen LogP) is 6.64. The molecule has 1 unspecified atom stereocenters. The van der Waals surface area contributed by atoms with Gasteiger partial charge >= 0.3 is 0 Å². The second-order valence-electron chi connectivity index (χ2n) is 8.07. The predicted molar refractivity (Wildman–Crippen MR) is 135 cm³/mol. The zero-order valence-corrected chi connectivity index (χ0v) is 19.6. The number of nitrogens with one attached hydrogen (secondary N) is 2. The number of aromatic nitrogens is 1. The van der Waals surface area contributed by atoms with Crippen LogP contribution >= 0.6 is 11.3 Å². The molecular weight excluding hydrogens is 414 g/mol. The van der Waals surface area contributed by atoms with Crippen molar-refractivity contribution in [2.45, 2.75) is 39.7 Å². The van der Waals surface area contributed by atoms with E-state index in [4.69, 9.17) is 4.98 Å². The Labute approximate surface area is 193 Å². The van der Waals surface area contributed by atoms with Crippen molar-refractivity contribution >= 4 is 33.1 Å². The first kappa shape index (κ1) is 22.2. The van der Waals surface area contributed by atoms with Gasteiger partial charge in [0.2, 0.25) is 0 Å². The first-order valence-corrected chi connectivity index (χ1v) is 12.0. The highest BCUT2D eigenvalue weighted by Gasteiger charge is 2.25. The normalized spacial score (nSPS) is 12.1. The molecule has 32 heavy (non-hydrogen) atoms. The van der Waals surface area contributed by atoms with Crippen molar-refractivity contribution in [1.29, 1.82) is 0 Å². The molecule has 0 spiro atoms. The van der Waals surface area contributed by atoms with Crippen LogP contribution in [0.25, 0.3) is 10.2 Å². The lowest BCUT2D eigenvalue weighted by atomic mass is 10.0. The van der Waals surface area contributed by atoms with E-state index >= 15 is 0 Å². The fraction of sp³-hybridized carbons (Fsp3) is 0.259. The molecule has 5 heteroatoms. The molecule has 2 aromatic carbocycles. The summed E-state index contributed by atoms with van der Waals surface area (Å²) in [4.78, 5) is 20.0. The van der Waals surface area contributed by atoms with Crippen LogP contribution in [0.5, 0.6) is 0 Å². The second kappa shape index (κ2) is 10.1. The second-order valence-corrected chi connectivity index (χ2v) is 9.10. The van der Waals surface area contributed by atoms with Crippen molar-refractivity contribution in [3.63, 3.8) is 0 Å². The smallest absolute Gasteiger partial charge is 0.255 e. The van der Waals surface area contributed by atoms with Gasteiger partial charge in [0.25, 0.3) is 5.91 Å². The number of amides is 1. The Bertz CT molecular complexity index is 1200. The maximum absolute atomic E-state index is 13.2. The number of rotatable bonds is 8. The Balaban J connectivity index is 1.85. The maximum atomic E-state index is 13.2. The van der Waals surface area contributed by atoms with E-state index in [1.54, 1.807) is 11.3 Å². The van der Waals surface area contributed by atoms with Gasteiger partial charge < -0.3 is 10.6 Å². The molecule has 4 rings (SSSR count). The molecule has 4 nitrogen and oxygen atoms in total. The summed E-state index contributed by atoms with van der Waals surface area (Å²) in [6, 6.07) is 21.9. The van der Waals surface area contributed by atoms with E-state index in [2.05, 4.69) is 54.8 Å². The maximum Gasteiger partial charge on any atom is 0.255 e. The van der Waals surface area contributed by atoms with E-state index in [1.165, 1.54) is 5.56 Å². The van der Waals surface area contributed by atoms with Gasteiger partial charge in [-0.1, -0.05) is 61.9 Å². The zero-order chi connectivity index (χ0) is 22.5. The fourth-order valence-corrected chi connectivity index (χ4v) is 5.35. The van der Waals surface area contributed by atoms with E-state index < -0.39 is 0 Å². The number of carbonyl (C=O) groups excluding carboxylic acids is 1. The number of aryl methyl sites for hydroxylation is 2. The molecule has 2 N–H and O–H groups in total. The lowest BCUT2D eigenvalue weighted by Gasteiger charge is -2.20. The molecule has 0 aliphatic carbocycles. The topological polar surface area (TPSA) is 54.0 Å². The van der Waals surface area contributed by atoms with Crippen LogP contribution in [0, 0.1) is 13.8 Å². The van der Waals surface area contributed by atoms with E-state index in [9.17, 15) is 4.79 Å². The lowest BCUT2D eigenvalue weighted by Crippen LogP contribution is -2.24. The Morgan fingerprint density at radius 3 is 2.41 bits per heavy atom. The molecule has 0 fully saturated rings. The highest BCUT2D eigenvalue weighted by molar-refractivity contribution is 7.19. The average Bonchev–Trinajstić information content (AvgIpc) is 3.15. The Morgan fingerprint density at radius 1 is 1.03 bits per heavy atom. The number of fused-ring (bicyclic) bond motifs is 1. The molecular formula is C27H29N3OS. The molecule has 0 bridgehead atoms. The van der Waals surface area contributed by atoms with Crippen LogP contribution in [0.2, 0.25) is 0 Å². The Kier molecular flexibility index (Phi) is 6.98. The van der Waals surface area contributed by atoms with Crippen LogP contribution in [0.1, 0.15) is 57.9 Å². The number of unbranched alkanes of at least 4 members (excludes halogenated alkanes) is 1. The summed E-state index contributed by atoms with van der Waals surface area (Å²) < 4.78 is 0. The highest BCUT2D eigenvalue weighted by atomic mass is 32.1. The van der Waals surface area contributed by atoms with E-state index in [-0.39, 0.29) is 11.9 Å². The van der Waals surface area contributed by atoms with Gasteiger partial charge in [0, 0.05) is 16.6 Å². The third kappa shape index (κ3) is 4.74. The first-order valence-electron chi connectivity index (χ1n) is 11.1. The van der Waals surface area contributed by atoms with Crippen LogP contribution in [0.15, 0.2) is 66.7 Å². The Hall–Kier alpha value is -3.02. The summed E-state index contributed by atoms with van der Waals surface area (Å²) >= 11 is 1.66. The minimum Gasteiger partial charge on any atom is -0.320 e. The van der Waals surface area contributed by atoms with Gasteiger partial charge in [0.15, 0.2) is 0 Å². The molecule has 2 aromatic heterocycles. The van der Waals surface area contributed by atoms with Crippen LogP contribution in [-0.2, 0) is 0 Å². The summed E-state index contributed by atoms with van der Waals surface area (Å²) in [6.45, 7) is 7.21. The number of hydrogen-bond donors (Lipinski definition) is 2. The molecule has 0 saturated carbocycles. The van der Waals surface area contributed by atoms with Gasteiger partial charge in [-0.25, -0.2) is 4.98 Å². The molecule has 4 aromatic rings. The van der Waals surface area contributed by atoms with Gasteiger partial charge in [-0.05, 0) is 56.1 Å². The van der Waals surface area contributed by atoms with Gasteiger partial charge in [-0.3, -0.25) is 4.79 Å². The van der Waals surface area contributed by atoms with Crippen molar-refractivity contribution in [3.05, 3.63) is 94.0 Å².